The van der Waals surface area contributed by atoms with E-state index >= 15 is 0 Å². The number of carbonyl (C=O) groups is 1. The van der Waals surface area contributed by atoms with Crippen molar-refractivity contribution in [3.63, 3.8) is 0 Å². The minimum absolute atomic E-state index is 0.0287. The minimum atomic E-state index is 0.0287. The zero-order valence-corrected chi connectivity index (χ0v) is 6.01. The first kappa shape index (κ1) is 6.20. The fraction of sp³-hybridized carbons (Fsp3) is 0.875. The van der Waals surface area contributed by atoms with Crippen LogP contribution in [-0.4, -0.2) is 12.1 Å². The molecule has 0 amide bonds. The molecule has 0 aromatic rings. The number of hydrogen-bond donors (Lipinski definition) is 0. The van der Waals surface area contributed by atoms with Gasteiger partial charge in [-0.05, 0) is 31.6 Å². The van der Waals surface area contributed by atoms with E-state index in [1.165, 1.54) is 12.8 Å². The number of esters is 1. The molecule has 2 aliphatic rings. The van der Waals surface area contributed by atoms with Crippen molar-refractivity contribution >= 4 is 5.97 Å². The van der Waals surface area contributed by atoms with Crippen molar-refractivity contribution in [3.05, 3.63) is 0 Å². The van der Waals surface area contributed by atoms with Crippen molar-refractivity contribution in [3.8, 4) is 0 Å². The van der Waals surface area contributed by atoms with Gasteiger partial charge in [0.1, 0.15) is 6.10 Å². The van der Waals surface area contributed by atoms with E-state index in [-0.39, 0.29) is 12.1 Å². The summed E-state index contributed by atoms with van der Waals surface area (Å²) < 4.78 is 5.12. The summed E-state index contributed by atoms with van der Waals surface area (Å²) in [5.41, 5.74) is 0. The zero-order valence-electron chi connectivity index (χ0n) is 6.01. The van der Waals surface area contributed by atoms with Crippen LogP contribution >= 0.6 is 0 Å². The van der Waals surface area contributed by atoms with Gasteiger partial charge in [0.2, 0.25) is 0 Å². The predicted molar refractivity (Wildman–Crippen MR) is 36.5 cm³/mol. The van der Waals surface area contributed by atoms with E-state index in [9.17, 15) is 4.79 Å². The van der Waals surface area contributed by atoms with Crippen LogP contribution in [0.3, 0.4) is 0 Å². The smallest absolute Gasteiger partial charge is 0.306 e. The molecular formula is C8H12O2. The Morgan fingerprint density at radius 3 is 3.10 bits per heavy atom. The van der Waals surface area contributed by atoms with Crippen molar-refractivity contribution in [2.45, 2.75) is 38.2 Å². The standard InChI is InChI=1S/C8H12O2/c9-8-5-6-2-1-3-7(4-6)10-8/h6-7H,1-5H2/t6-,7+/m1/s1. The summed E-state index contributed by atoms with van der Waals surface area (Å²) in [6, 6.07) is 0. The molecule has 1 heterocycles. The highest BCUT2D eigenvalue weighted by Crippen LogP contribution is 2.32. The average Bonchev–Trinajstić information content (AvgIpc) is 1.85. The SMILES string of the molecule is O=C1C[C@@H]2CCC[C@@H](C2)O1. The molecule has 10 heavy (non-hydrogen) atoms. The van der Waals surface area contributed by atoms with Crippen LogP contribution in [0.15, 0.2) is 0 Å². The summed E-state index contributed by atoms with van der Waals surface area (Å²) in [6.45, 7) is 0. The normalized spacial score (nSPS) is 39.0. The van der Waals surface area contributed by atoms with E-state index in [0.717, 1.165) is 12.8 Å². The molecule has 2 atom stereocenters. The van der Waals surface area contributed by atoms with Crippen molar-refractivity contribution < 1.29 is 9.53 Å². The van der Waals surface area contributed by atoms with Gasteiger partial charge in [0.05, 0.1) is 0 Å². The number of rotatable bonds is 0. The van der Waals surface area contributed by atoms with E-state index in [2.05, 4.69) is 0 Å². The van der Waals surface area contributed by atoms with Crippen LogP contribution in [0, 0.1) is 5.92 Å². The van der Waals surface area contributed by atoms with Crippen LogP contribution in [0.5, 0.6) is 0 Å². The Morgan fingerprint density at radius 2 is 2.30 bits per heavy atom. The van der Waals surface area contributed by atoms with E-state index in [0.29, 0.717) is 12.3 Å². The maximum Gasteiger partial charge on any atom is 0.306 e. The second kappa shape index (κ2) is 2.26. The molecule has 2 bridgehead atoms. The first-order chi connectivity index (χ1) is 4.84. The Balaban J connectivity index is 2.05. The molecule has 0 spiro atoms. The second-order valence-electron chi connectivity index (χ2n) is 3.35. The molecule has 2 heteroatoms. The molecule has 56 valence electrons. The van der Waals surface area contributed by atoms with Gasteiger partial charge in [0.25, 0.3) is 0 Å². The highest BCUT2D eigenvalue weighted by molar-refractivity contribution is 5.70. The van der Waals surface area contributed by atoms with Crippen LogP contribution in [0.1, 0.15) is 32.1 Å². The third kappa shape index (κ3) is 1.02. The minimum Gasteiger partial charge on any atom is -0.462 e. The van der Waals surface area contributed by atoms with E-state index in [4.69, 9.17) is 4.74 Å². The quantitative estimate of drug-likeness (QED) is 0.476. The van der Waals surface area contributed by atoms with Gasteiger partial charge in [0.15, 0.2) is 0 Å². The lowest BCUT2D eigenvalue weighted by Gasteiger charge is -2.33. The van der Waals surface area contributed by atoms with E-state index < -0.39 is 0 Å². The maximum atomic E-state index is 10.9. The number of hydrogen-bond acceptors (Lipinski definition) is 2. The van der Waals surface area contributed by atoms with Crippen LogP contribution in [0.2, 0.25) is 0 Å². The molecule has 1 aliphatic heterocycles. The van der Waals surface area contributed by atoms with Gasteiger partial charge in [-0.25, -0.2) is 0 Å². The van der Waals surface area contributed by atoms with Crippen molar-refractivity contribution in [1.82, 2.24) is 0 Å². The van der Waals surface area contributed by atoms with E-state index in [1.807, 2.05) is 0 Å². The molecule has 2 rings (SSSR count). The van der Waals surface area contributed by atoms with Gasteiger partial charge < -0.3 is 4.74 Å². The Morgan fingerprint density at radius 1 is 1.40 bits per heavy atom. The molecular weight excluding hydrogens is 128 g/mol. The van der Waals surface area contributed by atoms with Crippen molar-refractivity contribution in [2.75, 3.05) is 0 Å². The molecule has 0 unspecified atom stereocenters. The van der Waals surface area contributed by atoms with Crippen molar-refractivity contribution in [2.24, 2.45) is 5.92 Å². The molecule has 0 aromatic heterocycles. The Kier molecular flexibility index (Phi) is 1.40. The monoisotopic (exact) mass is 140 g/mol. The fourth-order valence-corrected chi connectivity index (χ4v) is 2.00. The molecule has 2 fully saturated rings. The van der Waals surface area contributed by atoms with Gasteiger partial charge >= 0.3 is 5.97 Å². The molecule has 1 aliphatic carbocycles. The molecule has 1 saturated carbocycles. The molecule has 0 radical (unpaired) electrons. The topological polar surface area (TPSA) is 26.3 Å². The first-order valence-electron chi connectivity index (χ1n) is 4.04. The zero-order chi connectivity index (χ0) is 6.97. The highest BCUT2D eigenvalue weighted by atomic mass is 16.5. The number of fused-ring (bicyclic) bond motifs is 2. The summed E-state index contributed by atoms with van der Waals surface area (Å²) in [5.74, 6) is 0.681. The summed E-state index contributed by atoms with van der Waals surface area (Å²) in [4.78, 5) is 10.9. The van der Waals surface area contributed by atoms with Crippen LogP contribution < -0.4 is 0 Å². The summed E-state index contributed by atoms with van der Waals surface area (Å²) in [7, 11) is 0. The molecule has 0 N–H and O–H groups in total. The Hall–Kier alpha value is -0.530. The lowest BCUT2D eigenvalue weighted by molar-refractivity contribution is -0.159. The van der Waals surface area contributed by atoms with Crippen LogP contribution in [-0.2, 0) is 9.53 Å². The first-order valence-corrected chi connectivity index (χ1v) is 4.04. The van der Waals surface area contributed by atoms with Crippen LogP contribution in [0.4, 0.5) is 0 Å². The van der Waals surface area contributed by atoms with Gasteiger partial charge in [-0.3, -0.25) is 4.79 Å². The van der Waals surface area contributed by atoms with Gasteiger partial charge in [-0.2, -0.15) is 0 Å². The second-order valence-corrected chi connectivity index (χ2v) is 3.35. The molecule has 2 nitrogen and oxygen atoms in total. The fourth-order valence-electron chi connectivity index (χ4n) is 2.00. The van der Waals surface area contributed by atoms with Crippen LogP contribution in [0.25, 0.3) is 0 Å². The summed E-state index contributed by atoms with van der Waals surface area (Å²) in [6.07, 6.45) is 5.68. The molecule has 0 aromatic carbocycles. The summed E-state index contributed by atoms with van der Waals surface area (Å²) in [5, 5.41) is 0. The Bertz CT molecular complexity index is 139. The predicted octanol–water partition coefficient (Wildman–Crippen LogP) is 1.49. The molecule has 1 saturated heterocycles. The largest absolute Gasteiger partial charge is 0.462 e. The number of ether oxygens (including phenoxy) is 1. The van der Waals surface area contributed by atoms with Gasteiger partial charge in [-0.1, -0.05) is 0 Å². The lowest BCUT2D eigenvalue weighted by atomic mass is 9.83. The van der Waals surface area contributed by atoms with E-state index in [1.54, 1.807) is 0 Å². The summed E-state index contributed by atoms with van der Waals surface area (Å²) >= 11 is 0. The average molecular weight is 140 g/mol. The van der Waals surface area contributed by atoms with Gasteiger partial charge in [-0.15, -0.1) is 0 Å². The Labute approximate surface area is 60.6 Å². The van der Waals surface area contributed by atoms with Crippen molar-refractivity contribution in [1.29, 1.82) is 0 Å². The third-order valence-corrected chi connectivity index (χ3v) is 2.49. The number of carbonyl (C=O) groups excluding carboxylic acids is 1. The maximum absolute atomic E-state index is 10.9. The lowest BCUT2D eigenvalue weighted by Crippen LogP contribution is -2.32. The highest BCUT2D eigenvalue weighted by Gasteiger charge is 2.31. The third-order valence-electron chi connectivity index (χ3n) is 2.49. The van der Waals surface area contributed by atoms with Gasteiger partial charge in [0, 0.05) is 6.42 Å².